The molecule has 0 saturated heterocycles. The van der Waals surface area contributed by atoms with Gasteiger partial charge in [0.25, 0.3) is 5.56 Å². The van der Waals surface area contributed by atoms with Crippen LogP contribution in [0.3, 0.4) is 0 Å². The largest absolute Gasteiger partial charge is 0.453 e. The van der Waals surface area contributed by atoms with E-state index in [2.05, 4.69) is 15.0 Å². The molecule has 1 atom stereocenters. The quantitative estimate of drug-likeness (QED) is 0.673. The van der Waals surface area contributed by atoms with Gasteiger partial charge in [0.15, 0.2) is 5.16 Å². The minimum absolute atomic E-state index is 0.118. The molecule has 0 spiro atoms. The van der Waals surface area contributed by atoms with Crippen molar-refractivity contribution in [2.45, 2.75) is 37.2 Å². The Morgan fingerprint density at radius 3 is 2.54 bits per heavy atom. The van der Waals surface area contributed by atoms with Gasteiger partial charge in [0.05, 0.1) is 23.3 Å². The summed E-state index contributed by atoms with van der Waals surface area (Å²) in [6, 6.07) is 6.95. The Hall–Kier alpha value is -2.35. The summed E-state index contributed by atoms with van der Waals surface area (Å²) in [4.78, 5) is 40.4. The zero-order valence-electron chi connectivity index (χ0n) is 13.9. The lowest BCUT2D eigenvalue weighted by Gasteiger charge is -2.18. The Balaban J connectivity index is 2.40. The van der Waals surface area contributed by atoms with E-state index >= 15 is 0 Å². The molecule has 0 aliphatic carbocycles. The van der Waals surface area contributed by atoms with Gasteiger partial charge in [-0.25, -0.2) is 9.78 Å². The topological polar surface area (TPSA) is 90.3 Å². The van der Waals surface area contributed by atoms with E-state index in [0.717, 1.165) is 11.8 Å². The van der Waals surface area contributed by atoms with Crippen LogP contribution in [0.2, 0.25) is 0 Å². The lowest BCUT2D eigenvalue weighted by molar-refractivity contribution is -0.119. The van der Waals surface area contributed by atoms with Gasteiger partial charge in [-0.05, 0) is 32.9 Å². The number of amides is 2. The molecule has 7 nitrogen and oxygen atoms in total. The molecule has 8 heteroatoms. The standard InChI is InChI=1S/C16H19N3O4S/c1-9(2)19-14(21)11-7-5-6-8-12(11)17-15(19)24-10(3)13(20)18-16(22)23-4/h5-10H,1-4H3,(H,18,20,22)/t10-/m1/s1. The van der Waals surface area contributed by atoms with E-state index in [9.17, 15) is 14.4 Å². The van der Waals surface area contributed by atoms with Crippen LogP contribution in [-0.2, 0) is 9.53 Å². The third-order valence-electron chi connectivity index (χ3n) is 3.35. The number of aromatic nitrogens is 2. The molecule has 0 radical (unpaired) electrons. The van der Waals surface area contributed by atoms with Crippen LogP contribution in [-0.4, -0.2) is 33.9 Å². The SMILES string of the molecule is COC(=O)NC(=O)[C@@H](C)Sc1nc2ccccc2c(=O)n1C(C)C. The number of nitrogens with zero attached hydrogens (tertiary/aromatic N) is 2. The van der Waals surface area contributed by atoms with E-state index in [1.54, 1.807) is 35.8 Å². The molecule has 0 fully saturated rings. The Morgan fingerprint density at radius 1 is 1.25 bits per heavy atom. The third-order valence-corrected chi connectivity index (χ3v) is 4.42. The average molecular weight is 349 g/mol. The number of carbonyl (C=O) groups is 2. The summed E-state index contributed by atoms with van der Waals surface area (Å²) in [5.41, 5.74) is 0.418. The Morgan fingerprint density at radius 2 is 1.92 bits per heavy atom. The van der Waals surface area contributed by atoms with Crippen LogP contribution in [0.1, 0.15) is 26.8 Å². The summed E-state index contributed by atoms with van der Waals surface area (Å²) < 4.78 is 5.96. The second-order valence-corrected chi connectivity index (χ2v) is 6.73. The fourth-order valence-corrected chi connectivity index (χ4v) is 3.17. The molecular formula is C16H19N3O4S. The van der Waals surface area contributed by atoms with E-state index < -0.39 is 17.3 Å². The van der Waals surface area contributed by atoms with Gasteiger partial charge < -0.3 is 4.74 Å². The van der Waals surface area contributed by atoms with Crippen molar-refractivity contribution >= 4 is 34.7 Å². The van der Waals surface area contributed by atoms with Gasteiger partial charge in [0.2, 0.25) is 5.91 Å². The van der Waals surface area contributed by atoms with Crippen molar-refractivity contribution in [1.29, 1.82) is 0 Å². The number of hydrogen-bond acceptors (Lipinski definition) is 6. The van der Waals surface area contributed by atoms with Crippen molar-refractivity contribution in [3.63, 3.8) is 0 Å². The number of hydrogen-bond donors (Lipinski definition) is 1. The van der Waals surface area contributed by atoms with Gasteiger partial charge >= 0.3 is 6.09 Å². The monoisotopic (exact) mass is 349 g/mol. The van der Waals surface area contributed by atoms with Crippen molar-refractivity contribution < 1.29 is 14.3 Å². The number of rotatable bonds is 4. The lowest BCUT2D eigenvalue weighted by Crippen LogP contribution is -2.36. The maximum absolute atomic E-state index is 12.7. The highest BCUT2D eigenvalue weighted by atomic mass is 32.2. The summed E-state index contributed by atoms with van der Waals surface area (Å²) in [7, 11) is 1.18. The maximum atomic E-state index is 12.7. The number of benzene rings is 1. The summed E-state index contributed by atoms with van der Waals surface area (Å²) >= 11 is 1.12. The molecule has 0 bridgehead atoms. The van der Waals surface area contributed by atoms with Gasteiger partial charge in [-0.15, -0.1) is 0 Å². The molecule has 0 unspecified atom stereocenters. The van der Waals surface area contributed by atoms with Crippen molar-refractivity contribution in [2.75, 3.05) is 7.11 Å². The molecular weight excluding hydrogens is 330 g/mol. The van der Waals surface area contributed by atoms with Crippen LogP contribution in [0.15, 0.2) is 34.2 Å². The number of fused-ring (bicyclic) bond motifs is 1. The molecule has 128 valence electrons. The van der Waals surface area contributed by atoms with E-state index in [1.165, 1.54) is 7.11 Å². The van der Waals surface area contributed by atoms with E-state index in [0.29, 0.717) is 16.1 Å². The predicted octanol–water partition coefficient (Wildman–Crippen LogP) is 2.34. The molecule has 0 aliphatic heterocycles. The zero-order valence-corrected chi connectivity index (χ0v) is 14.7. The number of imide groups is 1. The second kappa shape index (κ2) is 7.48. The molecule has 24 heavy (non-hydrogen) atoms. The molecule has 1 aromatic carbocycles. The maximum Gasteiger partial charge on any atom is 0.413 e. The first-order valence-corrected chi connectivity index (χ1v) is 8.29. The minimum atomic E-state index is -0.819. The number of methoxy groups -OCH3 is 1. The Labute approximate surface area is 143 Å². The van der Waals surface area contributed by atoms with E-state index in [4.69, 9.17) is 0 Å². The second-order valence-electron chi connectivity index (χ2n) is 5.42. The molecule has 1 heterocycles. The van der Waals surface area contributed by atoms with Gasteiger partial charge in [-0.2, -0.15) is 0 Å². The van der Waals surface area contributed by atoms with Crippen LogP contribution in [0.4, 0.5) is 4.79 Å². The molecule has 0 aliphatic rings. The predicted molar refractivity (Wildman–Crippen MR) is 92.3 cm³/mol. The van der Waals surface area contributed by atoms with Crippen LogP contribution < -0.4 is 10.9 Å². The number of carbonyl (C=O) groups excluding carboxylic acids is 2. The van der Waals surface area contributed by atoms with Crippen LogP contribution >= 0.6 is 11.8 Å². The van der Waals surface area contributed by atoms with Crippen molar-refractivity contribution in [3.05, 3.63) is 34.6 Å². The fourth-order valence-electron chi connectivity index (χ4n) is 2.13. The highest BCUT2D eigenvalue weighted by molar-refractivity contribution is 8.00. The molecule has 0 saturated carbocycles. The first-order chi connectivity index (χ1) is 11.3. The van der Waals surface area contributed by atoms with Crippen LogP contribution in [0.25, 0.3) is 10.9 Å². The van der Waals surface area contributed by atoms with E-state index in [1.807, 2.05) is 13.8 Å². The number of ether oxygens (including phenoxy) is 1. The van der Waals surface area contributed by atoms with Gasteiger partial charge in [-0.1, -0.05) is 23.9 Å². The van der Waals surface area contributed by atoms with Gasteiger partial charge in [0.1, 0.15) is 0 Å². The highest BCUT2D eigenvalue weighted by Crippen LogP contribution is 2.24. The molecule has 2 rings (SSSR count). The molecule has 2 aromatic rings. The molecule has 2 amide bonds. The number of alkyl carbamates (subject to hydrolysis) is 1. The van der Waals surface area contributed by atoms with Crippen LogP contribution in [0.5, 0.6) is 0 Å². The first kappa shape index (κ1) is 18.0. The third kappa shape index (κ3) is 3.76. The lowest BCUT2D eigenvalue weighted by atomic mass is 10.2. The smallest absolute Gasteiger partial charge is 0.413 e. The summed E-state index contributed by atoms with van der Waals surface area (Å²) in [5, 5.41) is 2.45. The number of thioether (sulfide) groups is 1. The Kier molecular flexibility index (Phi) is 5.61. The number of para-hydroxylation sites is 1. The molecule has 1 N–H and O–H groups in total. The summed E-state index contributed by atoms with van der Waals surface area (Å²) in [6.07, 6.45) is -0.819. The Bertz CT molecular complexity index is 832. The van der Waals surface area contributed by atoms with Crippen LogP contribution in [0, 0.1) is 0 Å². The minimum Gasteiger partial charge on any atom is -0.453 e. The van der Waals surface area contributed by atoms with Crippen molar-refractivity contribution in [1.82, 2.24) is 14.9 Å². The van der Waals surface area contributed by atoms with Gasteiger partial charge in [0, 0.05) is 6.04 Å². The van der Waals surface area contributed by atoms with Crippen molar-refractivity contribution in [3.8, 4) is 0 Å². The van der Waals surface area contributed by atoms with E-state index in [-0.39, 0.29) is 11.6 Å². The summed E-state index contributed by atoms with van der Waals surface area (Å²) in [6.45, 7) is 5.39. The van der Waals surface area contributed by atoms with Crippen molar-refractivity contribution in [2.24, 2.45) is 0 Å². The summed E-state index contributed by atoms with van der Waals surface area (Å²) in [5.74, 6) is -0.510. The fraction of sp³-hybridized carbons (Fsp3) is 0.375. The highest BCUT2D eigenvalue weighted by Gasteiger charge is 2.22. The molecule has 1 aromatic heterocycles. The number of nitrogens with one attached hydrogen (secondary N) is 1. The van der Waals surface area contributed by atoms with Gasteiger partial charge in [-0.3, -0.25) is 19.5 Å². The first-order valence-electron chi connectivity index (χ1n) is 7.42. The average Bonchev–Trinajstić information content (AvgIpc) is 2.54. The normalized spacial score (nSPS) is 12.2. The zero-order chi connectivity index (χ0) is 17.9.